The molecule has 0 saturated heterocycles. The third kappa shape index (κ3) is 8.85. The van der Waals surface area contributed by atoms with Crippen LogP contribution >= 0.6 is 39.1 Å². The monoisotopic (exact) mass is 715 g/mol. The van der Waals surface area contributed by atoms with E-state index < -0.39 is 28.5 Å². The highest BCUT2D eigenvalue weighted by Crippen LogP contribution is 2.30. The van der Waals surface area contributed by atoms with Gasteiger partial charge in [-0.2, -0.15) is 0 Å². The molecule has 0 saturated carbocycles. The standard InChI is InChI=1S/C33H32BrCl2N3O4S/c1-23(2)37-33(41)31(17-24-10-5-3-6-11-24)38(21-25-12-9-13-26(34)16-25)32(40)22-39(29-19-27(35)18-28(36)20-29)44(42,43)30-14-7-4-8-15-30/h3-16,18-20,23,31H,17,21-22H2,1-2H3,(H,37,41)/t31-/m1/s1. The fraction of sp³-hybridized carbons (Fsp3) is 0.212. The first-order valence-electron chi connectivity index (χ1n) is 13.9. The molecule has 230 valence electrons. The average molecular weight is 718 g/mol. The van der Waals surface area contributed by atoms with Crippen molar-refractivity contribution >= 4 is 66.7 Å². The highest BCUT2D eigenvalue weighted by Gasteiger charge is 2.35. The van der Waals surface area contributed by atoms with Crippen molar-refractivity contribution in [2.45, 2.75) is 43.8 Å². The predicted octanol–water partition coefficient (Wildman–Crippen LogP) is 7.12. The summed E-state index contributed by atoms with van der Waals surface area (Å²) in [5.74, 6) is -0.934. The van der Waals surface area contributed by atoms with Gasteiger partial charge in [-0.1, -0.05) is 99.8 Å². The molecule has 0 unspecified atom stereocenters. The summed E-state index contributed by atoms with van der Waals surface area (Å²) in [6.07, 6.45) is 0.216. The minimum absolute atomic E-state index is 0.0131. The Morgan fingerprint density at radius 2 is 1.41 bits per heavy atom. The van der Waals surface area contributed by atoms with Crippen molar-refractivity contribution in [1.29, 1.82) is 0 Å². The fourth-order valence-corrected chi connectivity index (χ4v) is 7.08. The normalized spacial score (nSPS) is 12.0. The number of benzene rings is 4. The van der Waals surface area contributed by atoms with Crippen LogP contribution in [-0.2, 0) is 32.6 Å². The summed E-state index contributed by atoms with van der Waals surface area (Å²) in [7, 11) is -4.26. The molecule has 0 aliphatic carbocycles. The van der Waals surface area contributed by atoms with E-state index in [9.17, 15) is 18.0 Å². The second-order valence-corrected chi connectivity index (χ2v) is 14.1. The molecule has 4 aromatic carbocycles. The van der Waals surface area contributed by atoms with Gasteiger partial charge in [-0.3, -0.25) is 13.9 Å². The van der Waals surface area contributed by atoms with Gasteiger partial charge in [-0.25, -0.2) is 8.42 Å². The molecule has 2 amide bonds. The van der Waals surface area contributed by atoms with Gasteiger partial charge in [0.2, 0.25) is 11.8 Å². The number of nitrogens with one attached hydrogen (secondary N) is 1. The zero-order valence-electron chi connectivity index (χ0n) is 24.2. The average Bonchev–Trinajstić information content (AvgIpc) is 2.97. The Morgan fingerprint density at radius 1 is 0.818 bits per heavy atom. The fourth-order valence-electron chi connectivity index (χ4n) is 4.70. The Kier molecular flexibility index (Phi) is 11.5. The number of nitrogens with zero attached hydrogens (tertiary/aromatic N) is 2. The lowest BCUT2D eigenvalue weighted by atomic mass is 10.0. The van der Waals surface area contributed by atoms with Gasteiger partial charge in [-0.15, -0.1) is 0 Å². The number of carbonyl (C=O) groups excluding carboxylic acids is 2. The van der Waals surface area contributed by atoms with Crippen LogP contribution in [0.2, 0.25) is 10.0 Å². The second kappa shape index (κ2) is 15.1. The first-order valence-corrected chi connectivity index (χ1v) is 16.8. The smallest absolute Gasteiger partial charge is 0.264 e. The maximum atomic E-state index is 14.4. The first kappa shape index (κ1) is 33.5. The van der Waals surface area contributed by atoms with Gasteiger partial charge in [-0.05, 0) is 67.4 Å². The number of hydrogen-bond acceptors (Lipinski definition) is 4. The summed E-state index contributed by atoms with van der Waals surface area (Å²) in [5, 5.41) is 3.35. The molecule has 0 fully saturated rings. The summed E-state index contributed by atoms with van der Waals surface area (Å²) in [5.41, 5.74) is 1.72. The minimum Gasteiger partial charge on any atom is -0.352 e. The Morgan fingerprint density at radius 3 is 2.00 bits per heavy atom. The van der Waals surface area contributed by atoms with Gasteiger partial charge in [0.15, 0.2) is 0 Å². The van der Waals surface area contributed by atoms with Gasteiger partial charge < -0.3 is 10.2 Å². The number of halogens is 3. The summed E-state index contributed by atoms with van der Waals surface area (Å²) in [6.45, 7) is 3.13. The van der Waals surface area contributed by atoms with Crippen LogP contribution < -0.4 is 9.62 Å². The SMILES string of the molecule is CC(C)NC(=O)[C@@H](Cc1ccccc1)N(Cc1cccc(Br)c1)C(=O)CN(c1cc(Cl)cc(Cl)c1)S(=O)(=O)c1ccccc1. The predicted molar refractivity (Wildman–Crippen MR) is 179 cm³/mol. The van der Waals surface area contributed by atoms with Gasteiger partial charge in [0.05, 0.1) is 10.6 Å². The van der Waals surface area contributed by atoms with Gasteiger partial charge in [0.25, 0.3) is 10.0 Å². The molecule has 0 bridgehead atoms. The van der Waals surface area contributed by atoms with Crippen molar-refractivity contribution in [1.82, 2.24) is 10.2 Å². The Balaban J connectivity index is 1.82. The van der Waals surface area contributed by atoms with Crippen molar-refractivity contribution < 1.29 is 18.0 Å². The zero-order valence-corrected chi connectivity index (χ0v) is 28.1. The van der Waals surface area contributed by atoms with Crippen molar-refractivity contribution in [2.24, 2.45) is 0 Å². The van der Waals surface area contributed by atoms with Crippen LogP contribution in [0, 0.1) is 0 Å². The van der Waals surface area contributed by atoms with E-state index in [-0.39, 0.29) is 45.5 Å². The number of amides is 2. The molecule has 4 rings (SSSR count). The van der Waals surface area contributed by atoms with Crippen LogP contribution in [0.1, 0.15) is 25.0 Å². The van der Waals surface area contributed by atoms with E-state index in [0.29, 0.717) is 0 Å². The maximum Gasteiger partial charge on any atom is 0.264 e. The van der Waals surface area contributed by atoms with Crippen LogP contribution in [-0.4, -0.2) is 43.8 Å². The number of hydrogen-bond donors (Lipinski definition) is 1. The topological polar surface area (TPSA) is 86.8 Å². The number of sulfonamides is 1. The lowest BCUT2D eigenvalue weighted by Gasteiger charge is -2.34. The van der Waals surface area contributed by atoms with Crippen molar-refractivity contribution in [2.75, 3.05) is 10.8 Å². The number of anilines is 1. The van der Waals surface area contributed by atoms with Gasteiger partial charge in [0, 0.05) is 33.5 Å². The third-order valence-electron chi connectivity index (χ3n) is 6.69. The number of rotatable bonds is 12. The van der Waals surface area contributed by atoms with Gasteiger partial charge in [0.1, 0.15) is 12.6 Å². The molecule has 11 heteroatoms. The molecule has 44 heavy (non-hydrogen) atoms. The molecule has 0 radical (unpaired) electrons. The summed E-state index contributed by atoms with van der Waals surface area (Å²) in [4.78, 5) is 29.6. The zero-order chi connectivity index (χ0) is 31.9. The summed E-state index contributed by atoms with van der Waals surface area (Å²) >= 11 is 16.0. The Labute approximate surface area is 277 Å². The lowest BCUT2D eigenvalue weighted by molar-refractivity contribution is -0.140. The van der Waals surface area contributed by atoms with E-state index >= 15 is 0 Å². The lowest BCUT2D eigenvalue weighted by Crippen LogP contribution is -2.54. The molecule has 0 aliphatic rings. The van der Waals surface area contributed by atoms with E-state index in [0.717, 1.165) is 19.9 Å². The summed E-state index contributed by atoms with van der Waals surface area (Å²) in [6, 6.07) is 27.8. The Hall–Kier alpha value is -3.37. The molecule has 4 aromatic rings. The minimum atomic E-state index is -4.26. The van der Waals surface area contributed by atoms with Crippen LogP contribution in [0.3, 0.4) is 0 Å². The van der Waals surface area contributed by atoms with E-state index in [2.05, 4.69) is 21.2 Å². The molecular formula is C33H32BrCl2N3O4S. The molecule has 0 aromatic heterocycles. The van der Waals surface area contributed by atoms with Crippen molar-refractivity contribution in [3.8, 4) is 0 Å². The second-order valence-electron chi connectivity index (χ2n) is 10.5. The van der Waals surface area contributed by atoms with E-state index in [1.54, 1.807) is 18.2 Å². The molecule has 0 heterocycles. The molecular weight excluding hydrogens is 685 g/mol. The van der Waals surface area contributed by atoms with Crippen LogP contribution in [0.25, 0.3) is 0 Å². The van der Waals surface area contributed by atoms with Crippen LogP contribution in [0.4, 0.5) is 5.69 Å². The highest BCUT2D eigenvalue weighted by atomic mass is 79.9. The molecule has 0 spiro atoms. The van der Waals surface area contributed by atoms with E-state index in [1.165, 1.54) is 35.2 Å². The largest absolute Gasteiger partial charge is 0.352 e. The molecule has 1 N–H and O–H groups in total. The van der Waals surface area contributed by atoms with Gasteiger partial charge >= 0.3 is 0 Å². The van der Waals surface area contributed by atoms with E-state index in [4.69, 9.17) is 23.2 Å². The molecule has 0 aliphatic heterocycles. The quantitative estimate of drug-likeness (QED) is 0.169. The maximum absolute atomic E-state index is 14.4. The first-order chi connectivity index (χ1) is 20.9. The van der Waals surface area contributed by atoms with Crippen LogP contribution in [0.15, 0.2) is 112 Å². The van der Waals surface area contributed by atoms with Crippen molar-refractivity contribution in [3.05, 3.63) is 129 Å². The third-order valence-corrected chi connectivity index (χ3v) is 9.41. The molecule has 7 nitrogen and oxygen atoms in total. The van der Waals surface area contributed by atoms with E-state index in [1.807, 2.05) is 68.4 Å². The van der Waals surface area contributed by atoms with Crippen LogP contribution in [0.5, 0.6) is 0 Å². The number of carbonyl (C=O) groups is 2. The Bertz CT molecular complexity index is 1690. The molecule has 1 atom stereocenters. The summed E-state index contributed by atoms with van der Waals surface area (Å²) < 4.78 is 29.9. The highest BCUT2D eigenvalue weighted by molar-refractivity contribution is 9.10. The van der Waals surface area contributed by atoms with Crippen molar-refractivity contribution in [3.63, 3.8) is 0 Å².